The smallest absolute Gasteiger partial charge is 0.407 e. The molecule has 5 rings (SSSR count). The van der Waals surface area contributed by atoms with Crippen LogP contribution in [0, 0.1) is 0 Å². The van der Waals surface area contributed by atoms with E-state index in [-0.39, 0.29) is 5.92 Å². The van der Waals surface area contributed by atoms with E-state index in [0.29, 0.717) is 24.7 Å². The molecule has 3 N–H and O–H groups in total. The Bertz CT molecular complexity index is 1290. The maximum atomic E-state index is 11.4. The highest BCUT2D eigenvalue weighted by Gasteiger charge is 2.26. The second kappa shape index (κ2) is 9.11. The summed E-state index contributed by atoms with van der Waals surface area (Å²) >= 11 is 6.62. The molecule has 1 saturated heterocycles. The van der Waals surface area contributed by atoms with Crippen molar-refractivity contribution in [1.82, 2.24) is 19.9 Å². The summed E-state index contributed by atoms with van der Waals surface area (Å²) in [5.41, 5.74) is 4.74. The number of pyridine rings is 2. The lowest BCUT2D eigenvalue weighted by Gasteiger charge is -2.30. The number of fused-ring (bicyclic) bond motifs is 1. The minimum atomic E-state index is -0.870. The van der Waals surface area contributed by atoms with Gasteiger partial charge in [-0.3, -0.25) is 0 Å². The van der Waals surface area contributed by atoms with E-state index in [1.165, 1.54) is 10.5 Å². The lowest BCUT2D eigenvalue weighted by molar-refractivity contribution is 0.130. The van der Waals surface area contributed by atoms with Gasteiger partial charge in [0.1, 0.15) is 11.5 Å². The molecule has 168 valence electrons. The van der Waals surface area contributed by atoms with Crippen LogP contribution in [0.3, 0.4) is 0 Å². The fourth-order valence-electron chi connectivity index (χ4n) is 4.46. The van der Waals surface area contributed by atoms with Crippen molar-refractivity contribution in [1.29, 1.82) is 0 Å². The Balaban J connectivity index is 1.46. The molecule has 7 nitrogen and oxygen atoms in total. The van der Waals surface area contributed by atoms with Crippen LogP contribution in [0.5, 0.6) is 0 Å². The van der Waals surface area contributed by atoms with Crippen LogP contribution in [0.2, 0.25) is 5.02 Å². The van der Waals surface area contributed by atoms with Crippen LogP contribution in [0.15, 0.2) is 60.9 Å². The molecule has 1 fully saturated rings. The summed E-state index contributed by atoms with van der Waals surface area (Å²) in [4.78, 5) is 25.3. The minimum absolute atomic E-state index is 0.108. The van der Waals surface area contributed by atoms with Gasteiger partial charge in [0, 0.05) is 54.6 Å². The zero-order valence-corrected chi connectivity index (χ0v) is 18.7. The molecule has 1 unspecified atom stereocenters. The predicted molar refractivity (Wildman–Crippen MR) is 130 cm³/mol. The first-order chi connectivity index (χ1) is 16.1. The lowest BCUT2D eigenvalue weighted by Crippen LogP contribution is -2.38. The number of carbonyl (C=O) groups is 1. The average molecular weight is 462 g/mol. The third kappa shape index (κ3) is 4.50. The number of rotatable bonds is 5. The van der Waals surface area contributed by atoms with Crippen LogP contribution in [0.25, 0.3) is 22.2 Å². The molecular formula is C25H24ClN5O2. The van der Waals surface area contributed by atoms with E-state index in [2.05, 4.69) is 38.5 Å². The van der Waals surface area contributed by atoms with Gasteiger partial charge in [0.15, 0.2) is 0 Å². The Morgan fingerprint density at radius 2 is 2.06 bits per heavy atom. The van der Waals surface area contributed by atoms with Crippen molar-refractivity contribution in [3.8, 4) is 11.1 Å². The van der Waals surface area contributed by atoms with E-state index < -0.39 is 6.09 Å². The van der Waals surface area contributed by atoms with Gasteiger partial charge in [-0.05, 0) is 42.2 Å². The van der Waals surface area contributed by atoms with Gasteiger partial charge >= 0.3 is 6.09 Å². The lowest BCUT2D eigenvalue weighted by atomic mass is 9.94. The SMILES string of the molecule is O=C(O)N1CCCC(c2cc3c(-c4ccnc(NCc5ccccc5)c4)c(Cl)cnc3[nH]2)C1. The van der Waals surface area contributed by atoms with E-state index in [1.807, 2.05) is 30.3 Å². The van der Waals surface area contributed by atoms with Crippen LogP contribution >= 0.6 is 11.6 Å². The number of hydrogen-bond acceptors (Lipinski definition) is 4. The van der Waals surface area contributed by atoms with E-state index in [9.17, 15) is 9.90 Å². The van der Waals surface area contributed by atoms with Crippen LogP contribution in [-0.4, -0.2) is 44.1 Å². The van der Waals surface area contributed by atoms with Gasteiger partial charge in [-0.15, -0.1) is 0 Å². The number of benzene rings is 1. The minimum Gasteiger partial charge on any atom is -0.465 e. The molecule has 1 amide bonds. The highest BCUT2D eigenvalue weighted by atomic mass is 35.5. The Morgan fingerprint density at radius 1 is 1.21 bits per heavy atom. The number of nitrogens with one attached hydrogen (secondary N) is 2. The predicted octanol–water partition coefficient (Wildman–Crippen LogP) is 5.75. The van der Waals surface area contributed by atoms with Crippen molar-refractivity contribution in [2.45, 2.75) is 25.3 Å². The third-order valence-electron chi connectivity index (χ3n) is 6.13. The molecule has 3 aromatic heterocycles. The molecule has 1 aromatic carbocycles. The number of anilines is 1. The molecule has 0 spiro atoms. The number of amides is 1. The van der Waals surface area contributed by atoms with Gasteiger partial charge in [0.2, 0.25) is 0 Å². The molecule has 1 atom stereocenters. The number of carboxylic acid groups (broad SMARTS) is 1. The van der Waals surface area contributed by atoms with E-state index in [0.717, 1.165) is 46.5 Å². The molecule has 0 radical (unpaired) electrons. The molecule has 4 heterocycles. The van der Waals surface area contributed by atoms with Crippen molar-refractivity contribution >= 4 is 34.5 Å². The van der Waals surface area contributed by atoms with E-state index in [4.69, 9.17) is 11.6 Å². The Kier molecular flexibility index (Phi) is 5.88. The summed E-state index contributed by atoms with van der Waals surface area (Å²) in [6, 6.07) is 16.2. The van der Waals surface area contributed by atoms with Crippen LogP contribution in [-0.2, 0) is 6.54 Å². The molecule has 4 aromatic rings. The topological polar surface area (TPSA) is 94.1 Å². The summed E-state index contributed by atoms with van der Waals surface area (Å²) in [5.74, 6) is 0.869. The Hall–Kier alpha value is -3.58. The van der Waals surface area contributed by atoms with Crippen molar-refractivity contribution < 1.29 is 9.90 Å². The van der Waals surface area contributed by atoms with Crippen LogP contribution in [0.4, 0.5) is 10.6 Å². The molecule has 0 aliphatic carbocycles. The standard InChI is InChI=1S/C25H24ClN5O2/c26-20-14-29-24-19(12-21(30-24)18-7-4-10-31(15-18)25(32)33)23(20)17-8-9-27-22(11-17)28-13-16-5-2-1-3-6-16/h1-3,5-6,8-9,11-12,14,18H,4,7,10,13,15H2,(H,27,28)(H,29,30)(H,32,33). The van der Waals surface area contributed by atoms with Gasteiger partial charge in [-0.25, -0.2) is 14.8 Å². The summed E-state index contributed by atoms with van der Waals surface area (Å²) in [6.07, 6.45) is 4.33. The maximum absolute atomic E-state index is 11.4. The third-order valence-corrected chi connectivity index (χ3v) is 6.42. The zero-order valence-electron chi connectivity index (χ0n) is 18.0. The molecule has 8 heteroatoms. The largest absolute Gasteiger partial charge is 0.465 e. The number of aromatic amines is 1. The summed E-state index contributed by atoms with van der Waals surface area (Å²) in [6.45, 7) is 1.73. The highest BCUT2D eigenvalue weighted by Crippen LogP contribution is 2.37. The first kappa shape index (κ1) is 21.3. The molecular weight excluding hydrogens is 438 g/mol. The van der Waals surface area contributed by atoms with Crippen molar-refractivity contribution in [3.63, 3.8) is 0 Å². The molecule has 0 bridgehead atoms. The van der Waals surface area contributed by atoms with Crippen LogP contribution < -0.4 is 5.32 Å². The van der Waals surface area contributed by atoms with E-state index in [1.54, 1.807) is 12.4 Å². The Labute approximate surface area is 196 Å². The summed E-state index contributed by atoms with van der Waals surface area (Å²) in [5, 5.41) is 14.2. The van der Waals surface area contributed by atoms with Crippen LogP contribution in [0.1, 0.15) is 30.0 Å². The first-order valence-electron chi connectivity index (χ1n) is 11.0. The Morgan fingerprint density at radius 3 is 2.88 bits per heavy atom. The van der Waals surface area contributed by atoms with Gasteiger partial charge in [-0.2, -0.15) is 0 Å². The normalized spacial score (nSPS) is 16.2. The number of nitrogens with zero attached hydrogens (tertiary/aromatic N) is 3. The number of hydrogen-bond donors (Lipinski definition) is 3. The molecule has 1 aliphatic heterocycles. The number of piperidine rings is 1. The zero-order chi connectivity index (χ0) is 22.8. The van der Waals surface area contributed by atoms with Gasteiger partial charge in [0.25, 0.3) is 0 Å². The second-order valence-electron chi connectivity index (χ2n) is 8.30. The van der Waals surface area contributed by atoms with Gasteiger partial charge < -0.3 is 20.3 Å². The molecule has 0 saturated carbocycles. The second-order valence-corrected chi connectivity index (χ2v) is 8.71. The average Bonchev–Trinajstić information content (AvgIpc) is 3.28. The molecule has 33 heavy (non-hydrogen) atoms. The fourth-order valence-corrected chi connectivity index (χ4v) is 4.72. The first-order valence-corrected chi connectivity index (χ1v) is 11.4. The number of halogens is 1. The van der Waals surface area contributed by atoms with Crippen molar-refractivity contribution in [2.24, 2.45) is 0 Å². The number of H-pyrrole nitrogens is 1. The molecule has 1 aliphatic rings. The van der Waals surface area contributed by atoms with Crippen molar-refractivity contribution in [3.05, 3.63) is 77.2 Å². The monoisotopic (exact) mass is 461 g/mol. The van der Waals surface area contributed by atoms with Gasteiger partial charge in [-0.1, -0.05) is 41.9 Å². The summed E-state index contributed by atoms with van der Waals surface area (Å²) < 4.78 is 0. The number of aromatic nitrogens is 3. The highest BCUT2D eigenvalue weighted by molar-refractivity contribution is 6.34. The maximum Gasteiger partial charge on any atom is 0.407 e. The fraction of sp³-hybridized carbons (Fsp3) is 0.240. The van der Waals surface area contributed by atoms with E-state index >= 15 is 0 Å². The summed E-state index contributed by atoms with van der Waals surface area (Å²) in [7, 11) is 0. The quantitative estimate of drug-likeness (QED) is 0.352. The van der Waals surface area contributed by atoms with Gasteiger partial charge in [0.05, 0.1) is 5.02 Å². The number of likely N-dealkylation sites (tertiary alicyclic amines) is 1. The van der Waals surface area contributed by atoms with Crippen molar-refractivity contribution in [2.75, 3.05) is 18.4 Å².